The number of benzene rings is 2. The van der Waals surface area contributed by atoms with Crippen LogP contribution in [0.4, 0.5) is 5.69 Å². The van der Waals surface area contributed by atoms with Gasteiger partial charge in [0.15, 0.2) is 0 Å². The molecule has 4 heteroatoms. The molecule has 0 radical (unpaired) electrons. The van der Waals surface area contributed by atoms with Gasteiger partial charge >= 0.3 is 0 Å². The molecule has 0 bridgehead atoms. The summed E-state index contributed by atoms with van der Waals surface area (Å²) in [6.07, 6.45) is -1.97. The third-order valence-electron chi connectivity index (χ3n) is 4.18. The number of fused-ring (bicyclic) bond motifs is 3. The summed E-state index contributed by atoms with van der Waals surface area (Å²) in [6, 6.07) is 12.9. The zero-order chi connectivity index (χ0) is 16.8. The average molecular weight is 311 g/mol. The van der Waals surface area contributed by atoms with Gasteiger partial charge in [-0.25, -0.2) is 0 Å². The number of nitrogens with one attached hydrogen (secondary N) is 1. The highest BCUT2D eigenvalue weighted by Gasteiger charge is 2.31. The number of carbonyl (C=O) groups excluding carboxylic acids is 1. The molecule has 0 heterocycles. The van der Waals surface area contributed by atoms with Crippen molar-refractivity contribution in [1.29, 1.82) is 0 Å². The summed E-state index contributed by atoms with van der Waals surface area (Å²) in [6.45, 7) is 5.53. The molecule has 1 aliphatic rings. The Balaban J connectivity index is 2.03. The Kier molecular flexibility index (Phi) is 3.74. The highest BCUT2D eigenvalue weighted by atomic mass is 16.3. The number of aliphatic hydroxyl groups is 2. The van der Waals surface area contributed by atoms with Crippen LogP contribution >= 0.6 is 0 Å². The first-order valence-corrected chi connectivity index (χ1v) is 7.70. The van der Waals surface area contributed by atoms with Crippen LogP contribution in [0.2, 0.25) is 0 Å². The first-order valence-electron chi connectivity index (χ1n) is 7.70. The van der Waals surface area contributed by atoms with E-state index in [1.807, 2.05) is 57.2 Å². The minimum absolute atomic E-state index is 0.0938. The summed E-state index contributed by atoms with van der Waals surface area (Å²) in [7, 11) is 0. The lowest BCUT2D eigenvalue weighted by Crippen LogP contribution is -2.27. The van der Waals surface area contributed by atoms with Crippen molar-refractivity contribution in [2.24, 2.45) is 5.41 Å². The molecule has 1 amide bonds. The van der Waals surface area contributed by atoms with E-state index in [0.29, 0.717) is 11.3 Å². The van der Waals surface area contributed by atoms with Gasteiger partial charge in [-0.15, -0.1) is 0 Å². The highest BCUT2D eigenvalue weighted by molar-refractivity contribution is 5.95. The van der Waals surface area contributed by atoms with E-state index in [2.05, 4.69) is 5.32 Å². The lowest BCUT2D eigenvalue weighted by molar-refractivity contribution is -0.123. The summed E-state index contributed by atoms with van der Waals surface area (Å²) in [5.41, 5.74) is 3.26. The predicted octanol–water partition coefficient (Wildman–Crippen LogP) is 3.42. The number of anilines is 1. The van der Waals surface area contributed by atoms with Gasteiger partial charge in [-0.2, -0.15) is 0 Å². The van der Waals surface area contributed by atoms with Crippen molar-refractivity contribution in [3.8, 4) is 11.1 Å². The number of hydrogen-bond acceptors (Lipinski definition) is 3. The number of rotatable bonds is 1. The van der Waals surface area contributed by atoms with E-state index in [1.54, 1.807) is 6.07 Å². The van der Waals surface area contributed by atoms with E-state index in [1.165, 1.54) is 0 Å². The van der Waals surface area contributed by atoms with Crippen LogP contribution in [0.25, 0.3) is 11.1 Å². The number of amides is 1. The summed E-state index contributed by atoms with van der Waals surface area (Å²) in [5, 5.41) is 23.6. The molecule has 0 aliphatic heterocycles. The van der Waals surface area contributed by atoms with Crippen LogP contribution in [0.1, 0.15) is 44.1 Å². The van der Waals surface area contributed by atoms with E-state index in [-0.39, 0.29) is 5.91 Å². The van der Waals surface area contributed by atoms with E-state index in [9.17, 15) is 15.0 Å². The molecule has 2 atom stereocenters. The molecule has 2 unspecified atom stereocenters. The molecule has 0 fully saturated rings. The molecular weight excluding hydrogens is 290 g/mol. The number of carbonyl (C=O) groups is 1. The van der Waals surface area contributed by atoms with Gasteiger partial charge in [0.25, 0.3) is 0 Å². The second-order valence-corrected chi connectivity index (χ2v) is 6.98. The molecule has 0 saturated carbocycles. The number of aliphatic hydroxyl groups excluding tert-OH is 2. The van der Waals surface area contributed by atoms with Crippen LogP contribution in [-0.2, 0) is 4.79 Å². The second-order valence-electron chi connectivity index (χ2n) is 6.98. The predicted molar refractivity (Wildman–Crippen MR) is 89.9 cm³/mol. The van der Waals surface area contributed by atoms with Crippen molar-refractivity contribution in [3.63, 3.8) is 0 Å². The minimum atomic E-state index is -1.01. The standard InChI is InChI=1S/C19H21NO3/c1-19(2,3)18(23)20-11-8-9-13-12-6-4-5-7-14(12)16(21)17(22)15(13)10-11/h4-10,16-17,21-22H,1-3H3,(H,20,23). The Morgan fingerprint density at radius 1 is 0.957 bits per heavy atom. The van der Waals surface area contributed by atoms with Crippen molar-refractivity contribution in [2.75, 3.05) is 5.32 Å². The van der Waals surface area contributed by atoms with Crippen molar-refractivity contribution in [2.45, 2.75) is 33.0 Å². The fourth-order valence-electron chi connectivity index (χ4n) is 2.79. The summed E-state index contributed by atoms with van der Waals surface area (Å²) in [5.74, 6) is -0.0938. The Labute approximate surface area is 135 Å². The van der Waals surface area contributed by atoms with E-state index < -0.39 is 17.6 Å². The molecule has 120 valence electrons. The van der Waals surface area contributed by atoms with Crippen molar-refractivity contribution in [3.05, 3.63) is 53.6 Å². The normalized spacial score (nSPS) is 19.7. The molecular formula is C19H21NO3. The maximum Gasteiger partial charge on any atom is 0.229 e. The van der Waals surface area contributed by atoms with Gasteiger partial charge in [0.05, 0.1) is 0 Å². The lowest BCUT2D eigenvalue weighted by atomic mass is 9.82. The molecule has 0 aromatic heterocycles. The quantitative estimate of drug-likeness (QED) is 0.756. The van der Waals surface area contributed by atoms with Crippen molar-refractivity contribution < 1.29 is 15.0 Å². The second kappa shape index (κ2) is 5.48. The van der Waals surface area contributed by atoms with Gasteiger partial charge in [-0.3, -0.25) is 4.79 Å². The zero-order valence-electron chi connectivity index (χ0n) is 13.5. The molecule has 23 heavy (non-hydrogen) atoms. The Hall–Kier alpha value is -2.17. The lowest BCUT2D eigenvalue weighted by Gasteiger charge is -2.29. The average Bonchev–Trinajstić information content (AvgIpc) is 2.51. The van der Waals surface area contributed by atoms with Crippen LogP contribution < -0.4 is 5.32 Å². The minimum Gasteiger partial charge on any atom is -0.385 e. The Morgan fingerprint density at radius 2 is 1.57 bits per heavy atom. The van der Waals surface area contributed by atoms with Gasteiger partial charge < -0.3 is 15.5 Å². The van der Waals surface area contributed by atoms with Crippen LogP contribution in [-0.4, -0.2) is 16.1 Å². The molecule has 2 aromatic carbocycles. The highest BCUT2D eigenvalue weighted by Crippen LogP contribution is 2.45. The molecule has 0 saturated heterocycles. The zero-order valence-corrected chi connectivity index (χ0v) is 13.5. The van der Waals surface area contributed by atoms with Gasteiger partial charge in [0.2, 0.25) is 5.91 Å². The van der Waals surface area contributed by atoms with E-state index in [0.717, 1.165) is 16.7 Å². The third-order valence-corrected chi connectivity index (χ3v) is 4.18. The third kappa shape index (κ3) is 2.76. The fraction of sp³-hybridized carbons (Fsp3) is 0.316. The summed E-state index contributed by atoms with van der Waals surface area (Å²) >= 11 is 0. The van der Waals surface area contributed by atoms with E-state index >= 15 is 0 Å². The molecule has 3 rings (SSSR count). The molecule has 2 aromatic rings. The van der Waals surface area contributed by atoms with Crippen molar-refractivity contribution >= 4 is 11.6 Å². The molecule has 3 N–H and O–H groups in total. The van der Waals surface area contributed by atoms with Gasteiger partial charge in [-0.05, 0) is 34.4 Å². The maximum atomic E-state index is 12.1. The Bertz CT molecular complexity index is 761. The topological polar surface area (TPSA) is 69.6 Å². The maximum absolute atomic E-state index is 12.1. The monoisotopic (exact) mass is 311 g/mol. The smallest absolute Gasteiger partial charge is 0.229 e. The van der Waals surface area contributed by atoms with Gasteiger partial charge in [0.1, 0.15) is 12.2 Å². The van der Waals surface area contributed by atoms with Crippen LogP contribution in [0.5, 0.6) is 0 Å². The number of hydrogen-bond donors (Lipinski definition) is 3. The molecule has 1 aliphatic carbocycles. The van der Waals surface area contributed by atoms with Gasteiger partial charge in [-0.1, -0.05) is 51.1 Å². The Morgan fingerprint density at radius 3 is 2.26 bits per heavy atom. The van der Waals surface area contributed by atoms with Crippen LogP contribution in [0.15, 0.2) is 42.5 Å². The van der Waals surface area contributed by atoms with Gasteiger partial charge in [0, 0.05) is 11.1 Å². The first-order chi connectivity index (χ1) is 10.8. The molecule has 4 nitrogen and oxygen atoms in total. The van der Waals surface area contributed by atoms with Crippen molar-refractivity contribution in [1.82, 2.24) is 0 Å². The first kappa shape index (κ1) is 15.7. The van der Waals surface area contributed by atoms with Crippen LogP contribution in [0, 0.1) is 5.41 Å². The summed E-state index contributed by atoms with van der Waals surface area (Å²) < 4.78 is 0. The fourth-order valence-corrected chi connectivity index (χ4v) is 2.79. The van der Waals surface area contributed by atoms with E-state index in [4.69, 9.17) is 0 Å². The summed E-state index contributed by atoms with van der Waals surface area (Å²) in [4.78, 5) is 12.1. The molecule has 0 spiro atoms. The van der Waals surface area contributed by atoms with Crippen LogP contribution in [0.3, 0.4) is 0 Å². The largest absolute Gasteiger partial charge is 0.385 e. The SMILES string of the molecule is CC(C)(C)C(=O)Nc1ccc2c(c1)C(O)C(O)c1ccccc1-2.